The second kappa shape index (κ2) is 9.75. The zero-order chi connectivity index (χ0) is 14.7. The molecule has 19 heavy (non-hydrogen) atoms. The molecule has 0 aromatic heterocycles. The molecule has 1 atom stereocenters. The van der Waals surface area contributed by atoms with Gasteiger partial charge < -0.3 is 9.47 Å². The molecule has 0 saturated carbocycles. The number of rotatable bonds is 10. The highest BCUT2D eigenvalue weighted by Crippen LogP contribution is 2.18. The Balaban J connectivity index is 4.26. The van der Waals surface area contributed by atoms with Gasteiger partial charge in [-0.05, 0) is 19.8 Å². The van der Waals surface area contributed by atoms with Crippen LogP contribution in [0.3, 0.4) is 0 Å². The third-order valence-corrected chi connectivity index (χ3v) is 2.61. The van der Waals surface area contributed by atoms with E-state index in [2.05, 4.69) is 4.89 Å². The van der Waals surface area contributed by atoms with Crippen molar-refractivity contribution < 1.29 is 29.2 Å². The fourth-order valence-electron chi connectivity index (χ4n) is 1.26. The fraction of sp³-hybridized carbons (Fsp3) is 0.846. The van der Waals surface area contributed by atoms with Gasteiger partial charge in [-0.25, -0.2) is 9.68 Å². The third-order valence-electron chi connectivity index (χ3n) is 2.61. The molecule has 0 bridgehead atoms. The van der Waals surface area contributed by atoms with Crippen molar-refractivity contribution in [3.05, 3.63) is 0 Å². The van der Waals surface area contributed by atoms with Crippen molar-refractivity contribution in [1.29, 1.82) is 0 Å². The van der Waals surface area contributed by atoms with Gasteiger partial charge in [0.1, 0.15) is 0 Å². The zero-order valence-corrected chi connectivity index (χ0v) is 11.9. The van der Waals surface area contributed by atoms with Crippen LogP contribution in [-0.2, 0) is 24.0 Å². The first-order valence-corrected chi connectivity index (χ1v) is 6.65. The van der Waals surface area contributed by atoms with E-state index in [-0.39, 0.29) is 13.0 Å². The van der Waals surface area contributed by atoms with Gasteiger partial charge in [-0.3, -0.25) is 10.1 Å². The van der Waals surface area contributed by atoms with E-state index in [1.54, 1.807) is 0 Å². The molecule has 6 nitrogen and oxygen atoms in total. The summed E-state index contributed by atoms with van der Waals surface area (Å²) in [6.45, 7) is 5.75. The van der Waals surface area contributed by atoms with Crippen LogP contribution in [0.15, 0.2) is 0 Å². The number of hydrogen-bond acceptors (Lipinski definition) is 6. The van der Waals surface area contributed by atoms with E-state index >= 15 is 0 Å². The average molecular weight is 276 g/mol. The lowest BCUT2D eigenvalue weighted by Gasteiger charge is -2.22. The van der Waals surface area contributed by atoms with Crippen molar-refractivity contribution in [3.8, 4) is 0 Å². The first-order valence-electron chi connectivity index (χ1n) is 6.65. The van der Waals surface area contributed by atoms with E-state index < -0.39 is 17.5 Å². The molecule has 0 rings (SSSR count). The van der Waals surface area contributed by atoms with Crippen LogP contribution >= 0.6 is 0 Å². The summed E-state index contributed by atoms with van der Waals surface area (Å²) in [5.74, 6) is -1.37. The summed E-state index contributed by atoms with van der Waals surface area (Å²) in [6, 6.07) is 0. The highest BCUT2D eigenvalue weighted by molar-refractivity contribution is 5.85. The number of esters is 2. The van der Waals surface area contributed by atoms with Gasteiger partial charge >= 0.3 is 11.9 Å². The van der Waals surface area contributed by atoms with Gasteiger partial charge in [-0.1, -0.05) is 26.7 Å². The van der Waals surface area contributed by atoms with E-state index in [0.717, 1.165) is 19.3 Å². The zero-order valence-electron chi connectivity index (χ0n) is 11.9. The van der Waals surface area contributed by atoms with Gasteiger partial charge in [-0.2, -0.15) is 0 Å². The van der Waals surface area contributed by atoms with Crippen LogP contribution in [-0.4, -0.2) is 36.0 Å². The van der Waals surface area contributed by atoms with Gasteiger partial charge in [0.25, 0.3) is 0 Å². The molecule has 0 radical (unpaired) electrons. The molecule has 112 valence electrons. The number of ether oxygens (including phenoxy) is 2. The lowest BCUT2D eigenvalue weighted by molar-refractivity contribution is -0.314. The molecular weight excluding hydrogens is 252 g/mol. The molecule has 6 heteroatoms. The van der Waals surface area contributed by atoms with Crippen LogP contribution in [0, 0.1) is 0 Å². The Bertz CT molecular complexity index is 278. The number of carbonyl (C=O) groups is 2. The van der Waals surface area contributed by atoms with Gasteiger partial charge in [0.05, 0.1) is 19.6 Å². The monoisotopic (exact) mass is 276 g/mol. The van der Waals surface area contributed by atoms with Crippen LogP contribution in [0.25, 0.3) is 0 Å². The Hall–Kier alpha value is -1.14. The van der Waals surface area contributed by atoms with Gasteiger partial charge in [-0.15, -0.1) is 0 Å². The minimum Gasteiger partial charge on any atom is -0.466 e. The van der Waals surface area contributed by atoms with Crippen molar-refractivity contribution >= 4 is 11.9 Å². The van der Waals surface area contributed by atoms with Crippen LogP contribution in [0.4, 0.5) is 0 Å². The average Bonchev–Trinajstić information content (AvgIpc) is 2.39. The molecule has 1 N–H and O–H groups in total. The van der Waals surface area contributed by atoms with Gasteiger partial charge in [0.2, 0.25) is 5.60 Å². The van der Waals surface area contributed by atoms with Crippen LogP contribution in [0.5, 0.6) is 0 Å². The maximum Gasteiger partial charge on any atom is 0.342 e. The third kappa shape index (κ3) is 7.12. The second-order valence-electron chi connectivity index (χ2n) is 4.56. The summed E-state index contributed by atoms with van der Waals surface area (Å²) in [5.41, 5.74) is -1.71. The Kier molecular flexibility index (Phi) is 9.16. The Labute approximate surface area is 114 Å². The molecule has 0 spiro atoms. The second-order valence-corrected chi connectivity index (χ2v) is 4.56. The van der Waals surface area contributed by atoms with Gasteiger partial charge in [0.15, 0.2) is 0 Å². The largest absolute Gasteiger partial charge is 0.466 e. The number of hydrogen-bond donors (Lipinski definition) is 1. The summed E-state index contributed by atoms with van der Waals surface area (Å²) in [7, 11) is 0. The Morgan fingerprint density at radius 3 is 2.05 bits per heavy atom. The molecular formula is C13H24O6. The highest BCUT2D eigenvalue weighted by atomic mass is 17.1. The molecule has 0 amide bonds. The van der Waals surface area contributed by atoms with Crippen LogP contribution < -0.4 is 0 Å². The minimum atomic E-state index is -1.71. The maximum absolute atomic E-state index is 11.7. The summed E-state index contributed by atoms with van der Waals surface area (Å²) >= 11 is 0. The molecule has 1 unspecified atom stereocenters. The maximum atomic E-state index is 11.7. The van der Waals surface area contributed by atoms with E-state index in [1.165, 1.54) is 6.92 Å². The van der Waals surface area contributed by atoms with Crippen molar-refractivity contribution in [3.63, 3.8) is 0 Å². The SMILES string of the molecule is CCCCOC(=O)CC(C)(OO)C(=O)OCCCC. The summed E-state index contributed by atoms with van der Waals surface area (Å²) in [6.07, 6.45) is 2.87. The lowest BCUT2D eigenvalue weighted by atomic mass is 10.0. The molecule has 0 aliphatic carbocycles. The summed E-state index contributed by atoms with van der Waals surface area (Å²) in [4.78, 5) is 27.4. The minimum absolute atomic E-state index is 0.235. The Morgan fingerprint density at radius 1 is 1.05 bits per heavy atom. The van der Waals surface area contributed by atoms with Crippen molar-refractivity contribution in [2.45, 2.75) is 58.5 Å². The highest BCUT2D eigenvalue weighted by Gasteiger charge is 2.40. The first kappa shape index (κ1) is 17.9. The smallest absolute Gasteiger partial charge is 0.342 e. The van der Waals surface area contributed by atoms with Crippen molar-refractivity contribution in [2.75, 3.05) is 13.2 Å². The molecule has 0 fully saturated rings. The summed E-state index contributed by atoms with van der Waals surface area (Å²) < 4.78 is 9.85. The molecule has 0 aliphatic heterocycles. The first-order chi connectivity index (χ1) is 9.00. The van der Waals surface area contributed by atoms with E-state index in [4.69, 9.17) is 14.7 Å². The molecule has 0 saturated heterocycles. The molecule has 0 aromatic rings. The quantitative estimate of drug-likeness (QED) is 0.285. The predicted octanol–water partition coefficient (Wildman–Crippen LogP) is 2.31. The standard InChI is InChI=1S/C13H24O6/c1-4-6-8-17-11(14)10-13(3,19-16)12(15)18-9-7-5-2/h16H,4-10H2,1-3H3. The van der Waals surface area contributed by atoms with Crippen molar-refractivity contribution in [1.82, 2.24) is 0 Å². The van der Waals surface area contributed by atoms with E-state index in [1.807, 2.05) is 13.8 Å². The number of unbranched alkanes of at least 4 members (excludes halogenated alkanes) is 2. The predicted molar refractivity (Wildman–Crippen MR) is 68.5 cm³/mol. The number of carbonyl (C=O) groups excluding carboxylic acids is 2. The summed E-state index contributed by atoms with van der Waals surface area (Å²) in [5, 5.41) is 8.82. The molecule has 0 aromatic carbocycles. The van der Waals surface area contributed by atoms with E-state index in [9.17, 15) is 9.59 Å². The van der Waals surface area contributed by atoms with Crippen LogP contribution in [0.2, 0.25) is 0 Å². The van der Waals surface area contributed by atoms with Gasteiger partial charge in [0, 0.05) is 0 Å². The fourth-order valence-corrected chi connectivity index (χ4v) is 1.26. The lowest BCUT2D eigenvalue weighted by Crippen LogP contribution is -2.42. The molecule has 0 heterocycles. The van der Waals surface area contributed by atoms with Crippen LogP contribution in [0.1, 0.15) is 52.9 Å². The topological polar surface area (TPSA) is 82.1 Å². The van der Waals surface area contributed by atoms with E-state index in [0.29, 0.717) is 13.0 Å². The normalized spacial score (nSPS) is 13.7. The Morgan fingerprint density at radius 2 is 1.58 bits per heavy atom. The van der Waals surface area contributed by atoms with Crippen molar-refractivity contribution in [2.24, 2.45) is 0 Å². The molecule has 0 aliphatic rings.